The van der Waals surface area contributed by atoms with E-state index in [9.17, 15) is 9.59 Å². The van der Waals surface area contributed by atoms with E-state index < -0.39 is 0 Å². The number of hydrogen-bond acceptors (Lipinski definition) is 2. The van der Waals surface area contributed by atoms with Crippen LogP contribution in [-0.2, 0) is 0 Å². The van der Waals surface area contributed by atoms with Crippen LogP contribution in [0.4, 0.5) is 0 Å². The van der Waals surface area contributed by atoms with Crippen molar-refractivity contribution in [1.82, 2.24) is 4.57 Å². The number of carbonyl (C=O) groups excluding carboxylic acids is 1. The molecule has 4 aromatic rings. The molecule has 0 aliphatic rings. The van der Waals surface area contributed by atoms with Crippen LogP contribution in [0.25, 0.3) is 22.2 Å². The lowest BCUT2D eigenvalue weighted by atomic mass is 10.1. The maximum Gasteiger partial charge on any atom is 0.262 e. The fraction of sp³-hybridized carbons (Fsp3) is 0. The number of carbonyl (C=O) groups is 1. The highest BCUT2D eigenvalue weighted by Crippen LogP contribution is 2.24. The van der Waals surface area contributed by atoms with E-state index in [4.69, 9.17) is 0 Å². The van der Waals surface area contributed by atoms with Crippen molar-refractivity contribution >= 4 is 16.8 Å². The van der Waals surface area contributed by atoms with Crippen molar-refractivity contribution < 1.29 is 4.79 Å². The molecule has 3 nitrogen and oxygen atoms in total. The van der Waals surface area contributed by atoms with E-state index in [1.165, 1.54) is 0 Å². The lowest BCUT2D eigenvalue weighted by molar-refractivity contribution is 0.0966. The first-order valence-electron chi connectivity index (χ1n) is 8.06. The van der Waals surface area contributed by atoms with Crippen LogP contribution in [0.1, 0.15) is 10.4 Å². The van der Waals surface area contributed by atoms with Gasteiger partial charge in [-0.1, -0.05) is 60.7 Å². The summed E-state index contributed by atoms with van der Waals surface area (Å²) in [6.45, 7) is 0. The van der Waals surface area contributed by atoms with Gasteiger partial charge in [0.05, 0.1) is 11.2 Å². The largest absolute Gasteiger partial charge is 0.289 e. The van der Waals surface area contributed by atoms with Gasteiger partial charge in [0.2, 0.25) is 0 Å². The van der Waals surface area contributed by atoms with E-state index in [1.54, 1.807) is 28.8 Å². The third-order valence-electron chi connectivity index (χ3n) is 4.21. The number of pyridine rings is 1. The second-order valence-electron chi connectivity index (χ2n) is 5.78. The second-order valence-corrected chi connectivity index (χ2v) is 5.78. The molecule has 0 aliphatic heterocycles. The van der Waals surface area contributed by atoms with E-state index in [2.05, 4.69) is 0 Å². The van der Waals surface area contributed by atoms with Crippen LogP contribution >= 0.6 is 0 Å². The summed E-state index contributed by atoms with van der Waals surface area (Å²) in [5, 5.41) is 0.534. The Morgan fingerprint density at radius 2 is 1.32 bits per heavy atom. The zero-order valence-electron chi connectivity index (χ0n) is 13.4. The molecule has 120 valence electrons. The quantitative estimate of drug-likeness (QED) is 0.549. The molecule has 0 spiro atoms. The minimum Gasteiger partial charge on any atom is -0.289 e. The summed E-state index contributed by atoms with van der Waals surface area (Å²) in [5.41, 5.74) is 2.52. The fourth-order valence-corrected chi connectivity index (χ4v) is 3.02. The molecule has 3 heteroatoms. The molecule has 0 fully saturated rings. The summed E-state index contributed by atoms with van der Waals surface area (Å²) >= 11 is 0. The standard InChI is InChI=1S/C22H15NO2/c24-21-15-20(16-9-3-1-4-10-16)23(19-14-8-7-13-18(19)21)22(25)17-11-5-2-6-12-17/h1-15H. The number of benzene rings is 3. The van der Waals surface area contributed by atoms with Crippen molar-refractivity contribution in [2.75, 3.05) is 0 Å². The molecule has 0 radical (unpaired) electrons. The number of hydrogen-bond donors (Lipinski definition) is 0. The van der Waals surface area contributed by atoms with Crippen LogP contribution < -0.4 is 5.43 Å². The van der Waals surface area contributed by atoms with Crippen LogP contribution in [-0.4, -0.2) is 10.5 Å². The Labute approximate surface area is 144 Å². The SMILES string of the molecule is O=C(c1ccccc1)n1c(-c2ccccc2)cc(=O)c2ccccc21. The maximum atomic E-state index is 13.2. The first-order chi connectivity index (χ1) is 12.3. The van der Waals surface area contributed by atoms with E-state index >= 15 is 0 Å². The van der Waals surface area contributed by atoms with Gasteiger partial charge >= 0.3 is 0 Å². The zero-order chi connectivity index (χ0) is 17.2. The summed E-state index contributed by atoms with van der Waals surface area (Å²) in [7, 11) is 0. The first kappa shape index (κ1) is 15.1. The van der Waals surface area contributed by atoms with Crippen molar-refractivity contribution in [3.05, 3.63) is 107 Å². The van der Waals surface area contributed by atoms with Gasteiger partial charge in [-0.25, -0.2) is 0 Å². The molecule has 0 bridgehead atoms. The Morgan fingerprint density at radius 3 is 2.04 bits per heavy atom. The summed E-state index contributed by atoms with van der Waals surface area (Å²) in [6.07, 6.45) is 0. The smallest absolute Gasteiger partial charge is 0.262 e. The molecule has 0 saturated carbocycles. The monoisotopic (exact) mass is 325 g/mol. The molecule has 1 aromatic heterocycles. The summed E-state index contributed by atoms with van der Waals surface area (Å²) in [5.74, 6) is -0.157. The number of aromatic nitrogens is 1. The van der Waals surface area contributed by atoms with Crippen molar-refractivity contribution in [2.24, 2.45) is 0 Å². The van der Waals surface area contributed by atoms with Crippen LogP contribution in [0.3, 0.4) is 0 Å². The molecule has 0 saturated heterocycles. The molecule has 3 aromatic carbocycles. The lowest BCUT2D eigenvalue weighted by Crippen LogP contribution is -2.19. The average molecular weight is 325 g/mol. The van der Waals surface area contributed by atoms with Crippen LogP contribution in [0.2, 0.25) is 0 Å². The molecule has 1 heterocycles. The molecule has 0 atom stereocenters. The summed E-state index contributed by atoms with van der Waals surface area (Å²) in [6, 6.07) is 27.4. The topological polar surface area (TPSA) is 39.1 Å². The van der Waals surface area contributed by atoms with Gasteiger partial charge in [0, 0.05) is 17.0 Å². The Bertz CT molecular complexity index is 1110. The predicted molar refractivity (Wildman–Crippen MR) is 99.8 cm³/mol. The van der Waals surface area contributed by atoms with Gasteiger partial charge in [-0.3, -0.25) is 14.2 Å². The molecule has 0 unspecified atom stereocenters. The van der Waals surface area contributed by atoms with Gasteiger partial charge < -0.3 is 0 Å². The molecule has 25 heavy (non-hydrogen) atoms. The molecule has 0 aliphatic carbocycles. The minimum atomic E-state index is -0.157. The summed E-state index contributed by atoms with van der Waals surface area (Å²) < 4.78 is 1.63. The highest BCUT2D eigenvalue weighted by Gasteiger charge is 2.17. The Morgan fingerprint density at radius 1 is 0.720 bits per heavy atom. The van der Waals surface area contributed by atoms with Gasteiger partial charge in [0.25, 0.3) is 5.91 Å². The molecular formula is C22H15NO2. The van der Waals surface area contributed by atoms with E-state index in [-0.39, 0.29) is 11.3 Å². The van der Waals surface area contributed by atoms with Crippen molar-refractivity contribution in [2.45, 2.75) is 0 Å². The van der Waals surface area contributed by atoms with Crippen LogP contribution in [0.15, 0.2) is 95.8 Å². The van der Waals surface area contributed by atoms with Crippen molar-refractivity contribution in [3.8, 4) is 11.3 Å². The number of para-hydroxylation sites is 1. The normalized spacial score (nSPS) is 10.7. The van der Waals surface area contributed by atoms with E-state index in [1.807, 2.05) is 66.7 Å². The molecule has 0 amide bonds. The fourth-order valence-electron chi connectivity index (χ4n) is 3.02. The highest BCUT2D eigenvalue weighted by atomic mass is 16.2. The van der Waals surface area contributed by atoms with Crippen LogP contribution in [0.5, 0.6) is 0 Å². The Hall–Kier alpha value is -3.46. The Balaban J connectivity index is 2.08. The Kier molecular flexibility index (Phi) is 3.75. The van der Waals surface area contributed by atoms with Crippen molar-refractivity contribution in [3.63, 3.8) is 0 Å². The second kappa shape index (κ2) is 6.21. The molecule has 0 N–H and O–H groups in total. The molecular weight excluding hydrogens is 310 g/mol. The average Bonchev–Trinajstić information content (AvgIpc) is 2.69. The van der Waals surface area contributed by atoms with Gasteiger partial charge in [-0.2, -0.15) is 0 Å². The highest BCUT2D eigenvalue weighted by molar-refractivity contribution is 6.04. The van der Waals surface area contributed by atoms with Crippen molar-refractivity contribution in [1.29, 1.82) is 0 Å². The maximum absolute atomic E-state index is 13.2. The van der Waals surface area contributed by atoms with Gasteiger partial charge in [0.15, 0.2) is 5.43 Å². The third-order valence-corrected chi connectivity index (χ3v) is 4.21. The summed E-state index contributed by atoms with van der Waals surface area (Å²) in [4.78, 5) is 25.8. The number of nitrogens with zero attached hydrogens (tertiary/aromatic N) is 1. The van der Waals surface area contributed by atoms with Gasteiger partial charge in [-0.05, 0) is 29.8 Å². The van der Waals surface area contributed by atoms with Gasteiger partial charge in [-0.15, -0.1) is 0 Å². The molecule has 4 rings (SSSR count). The zero-order valence-corrected chi connectivity index (χ0v) is 13.4. The third kappa shape index (κ3) is 2.66. The lowest BCUT2D eigenvalue weighted by Gasteiger charge is -2.16. The first-order valence-corrected chi connectivity index (χ1v) is 8.06. The minimum absolute atomic E-state index is 0.0911. The van der Waals surface area contributed by atoms with Gasteiger partial charge in [0.1, 0.15) is 0 Å². The van der Waals surface area contributed by atoms with Crippen LogP contribution in [0, 0.1) is 0 Å². The predicted octanol–water partition coefficient (Wildman–Crippen LogP) is 4.36. The van der Waals surface area contributed by atoms with E-state index in [0.717, 1.165) is 5.56 Å². The number of fused-ring (bicyclic) bond motifs is 1. The van der Waals surface area contributed by atoms with E-state index in [0.29, 0.717) is 22.2 Å². The number of rotatable bonds is 2.